The highest BCUT2D eigenvalue weighted by molar-refractivity contribution is 9.09. The lowest BCUT2D eigenvalue weighted by molar-refractivity contribution is -0.129. The van der Waals surface area contributed by atoms with Gasteiger partial charge < -0.3 is 4.90 Å². The number of unbranched alkanes of at least 4 members (excludes halogenated alkanes) is 2. The highest BCUT2D eigenvalue weighted by Crippen LogP contribution is 2.06. The van der Waals surface area contributed by atoms with Gasteiger partial charge >= 0.3 is 0 Å². The first-order valence-electron chi connectivity index (χ1n) is 6.18. The van der Waals surface area contributed by atoms with Crippen LogP contribution in [-0.4, -0.2) is 29.7 Å². The van der Waals surface area contributed by atoms with E-state index in [1.54, 1.807) is 17.0 Å². The monoisotopic (exact) mass is 315 g/mol. The molecule has 0 fully saturated rings. The van der Waals surface area contributed by atoms with Crippen LogP contribution in [0.15, 0.2) is 24.3 Å². The fraction of sp³-hybridized carbons (Fsp3) is 0.500. The van der Waals surface area contributed by atoms with Crippen molar-refractivity contribution in [2.75, 3.05) is 18.9 Å². The Morgan fingerprint density at radius 3 is 2.50 bits per heavy atom. The number of benzene rings is 1. The van der Waals surface area contributed by atoms with Crippen molar-refractivity contribution in [3.05, 3.63) is 35.6 Å². The molecule has 0 aliphatic rings. The van der Waals surface area contributed by atoms with Gasteiger partial charge in [-0.3, -0.25) is 4.79 Å². The quantitative estimate of drug-likeness (QED) is 0.558. The topological polar surface area (TPSA) is 20.3 Å². The van der Waals surface area contributed by atoms with Crippen LogP contribution in [0.5, 0.6) is 0 Å². The molecular formula is C14H19BrFNO. The number of nitrogens with zero attached hydrogens (tertiary/aromatic N) is 1. The van der Waals surface area contributed by atoms with Crippen LogP contribution < -0.4 is 0 Å². The van der Waals surface area contributed by atoms with E-state index in [4.69, 9.17) is 0 Å². The summed E-state index contributed by atoms with van der Waals surface area (Å²) >= 11 is 3.38. The predicted octanol–water partition coefficient (Wildman–Crippen LogP) is 3.39. The third-order valence-electron chi connectivity index (χ3n) is 2.82. The van der Waals surface area contributed by atoms with Gasteiger partial charge in [0.05, 0.1) is 6.42 Å². The van der Waals surface area contributed by atoms with Gasteiger partial charge in [-0.15, -0.1) is 0 Å². The maximum atomic E-state index is 12.7. The summed E-state index contributed by atoms with van der Waals surface area (Å²) in [5.74, 6) is -0.185. The zero-order valence-corrected chi connectivity index (χ0v) is 12.2. The number of alkyl halides is 1. The molecule has 0 aliphatic heterocycles. The first-order valence-corrected chi connectivity index (χ1v) is 7.30. The first kappa shape index (κ1) is 15.2. The van der Waals surface area contributed by atoms with Crippen LogP contribution in [0.2, 0.25) is 0 Å². The molecule has 1 rings (SSSR count). The third-order valence-corrected chi connectivity index (χ3v) is 3.38. The summed E-state index contributed by atoms with van der Waals surface area (Å²) in [6.07, 6.45) is 3.63. The SMILES string of the molecule is CN(CCCCCBr)C(=O)Cc1ccc(F)cc1. The molecule has 0 heterocycles. The van der Waals surface area contributed by atoms with Crippen LogP contribution in [-0.2, 0) is 11.2 Å². The van der Waals surface area contributed by atoms with E-state index in [9.17, 15) is 9.18 Å². The zero-order chi connectivity index (χ0) is 13.4. The van der Waals surface area contributed by atoms with Gasteiger partial charge in [0.25, 0.3) is 0 Å². The summed E-state index contributed by atoms with van der Waals surface area (Å²) in [6.45, 7) is 0.785. The minimum atomic E-state index is -0.269. The van der Waals surface area contributed by atoms with Gasteiger partial charge in [-0.2, -0.15) is 0 Å². The molecule has 1 aromatic rings. The molecule has 4 heteroatoms. The van der Waals surface area contributed by atoms with Crippen LogP contribution in [0.25, 0.3) is 0 Å². The van der Waals surface area contributed by atoms with Crippen molar-refractivity contribution >= 4 is 21.8 Å². The Morgan fingerprint density at radius 1 is 1.22 bits per heavy atom. The fourth-order valence-corrected chi connectivity index (χ4v) is 2.05. The molecular weight excluding hydrogens is 297 g/mol. The number of likely N-dealkylation sites (N-methyl/N-ethyl adjacent to an activating group) is 1. The highest BCUT2D eigenvalue weighted by atomic mass is 79.9. The molecule has 0 aromatic heterocycles. The van der Waals surface area contributed by atoms with Crippen LogP contribution in [0.4, 0.5) is 4.39 Å². The Hall–Kier alpha value is -0.900. The molecule has 0 N–H and O–H groups in total. The van der Waals surface area contributed by atoms with Gasteiger partial charge in [-0.05, 0) is 30.5 Å². The number of carbonyl (C=O) groups is 1. The molecule has 2 nitrogen and oxygen atoms in total. The van der Waals surface area contributed by atoms with Gasteiger partial charge in [-0.1, -0.05) is 34.5 Å². The first-order chi connectivity index (χ1) is 8.63. The summed E-state index contributed by atoms with van der Waals surface area (Å²) in [5, 5.41) is 1.01. The molecule has 1 aromatic carbocycles. The Balaban J connectivity index is 2.33. The maximum absolute atomic E-state index is 12.7. The molecule has 0 atom stereocenters. The van der Waals surface area contributed by atoms with Crippen molar-refractivity contribution in [2.24, 2.45) is 0 Å². The van der Waals surface area contributed by atoms with Gasteiger partial charge in [-0.25, -0.2) is 4.39 Å². The van der Waals surface area contributed by atoms with Crippen molar-refractivity contribution < 1.29 is 9.18 Å². The highest BCUT2D eigenvalue weighted by Gasteiger charge is 2.09. The van der Waals surface area contributed by atoms with Gasteiger partial charge in [0, 0.05) is 18.9 Å². The van der Waals surface area contributed by atoms with Crippen molar-refractivity contribution in [1.82, 2.24) is 4.90 Å². The molecule has 1 amide bonds. The van der Waals surface area contributed by atoms with Crippen molar-refractivity contribution in [1.29, 1.82) is 0 Å². The van der Waals surface area contributed by atoms with Gasteiger partial charge in [0.2, 0.25) is 5.91 Å². The average molecular weight is 316 g/mol. The van der Waals surface area contributed by atoms with Crippen molar-refractivity contribution in [3.63, 3.8) is 0 Å². The van der Waals surface area contributed by atoms with Crippen molar-refractivity contribution in [2.45, 2.75) is 25.7 Å². The molecule has 0 aliphatic carbocycles. The van der Waals surface area contributed by atoms with Crippen LogP contribution >= 0.6 is 15.9 Å². The molecule has 0 spiro atoms. The van der Waals surface area contributed by atoms with Gasteiger partial charge in [0.15, 0.2) is 0 Å². The smallest absolute Gasteiger partial charge is 0.226 e. The Bertz CT molecular complexity index is 367. The van der Waals surface area contributed by atoms with E-state index in [1.807, 2.05) is 7.05 Å². The summed E-state index contributed by atoms with van der Waals surface area (Å²) in [4.78, 5) is 13.6. The van der Waals surface area contributed by atoms with E-state index in [0.717, 1.165) is 36.7 Å². The molecule has 0 radical (unpaired) electrons. The number of hydrogen-bond donors (Lipinski definition) is 0. The summed E-state index contributed by atoms with van der Waals surface area (Å²) in [5.41, 5.74) is 0.855. The largest absolute Gasteiger partial charge is 0.345 e. The minimum absolute atomic E-state index is 0.0838. The predicted molar refractivity (Wildman–Crippen MR) is 75.4 cm³/mol. The standard InChI is InChI=1S/C14H19BrFNO/c1-17(10-4-2-3-9-15)14(18)11-12-5-7-13(16)8-6-12/h5-8H,2-4,9-11H2,1H3. The number of amides is 1. The molecule has 0 unspecified atom stereocenters. The summed E-state index contributed by atoms with van der Waals surface area (Å²) in [6, 6.07) is 6.09. The van der Waals surface area contributed by atoms with E-state index in [-0.39, 0.29) is 11.7 Å². The second-order valence-electron chi connectivity index (χ2n) is 4.37. The van der Waals surface area contributed by atoms with E-state index in [1.165, 1.54) is 12.1 Å². The molecule has 0 saturated carbocycles. The molecule has 18 heavy (non-hydrogen) atoms. The normalized spacial score (nSPS) is 10.4. The van der Waals surface area contributed by atoms with E-state index in [0.29, 0.717) is 6.42 Å². The Morgan fingerprint density at radius 2 is 1.89 bits per heavy atom. The Labute approximate surface area is 116 Å². The second kappa shape index (κ2) is 8.25. The fourth-order valence-electron chi connectivity index (χ4n) is 1.66. The van der Waals surface area contributed by atoms with E-state index < -0.39 is 0 Å². The lowest BCUT2D eigenvalue weighted by Crippen LogP contribution is -2.29. The van der Waals surface area contributed by atoms with E-state index >= 15 is 0 Å². The van der Waals surface area contributed by atoms with Crippen LogP contribution in [0.3, 0.4) is 0 Å². The number of carbonyl (C=O) groups excluding carboxylic acids is 1. The van der Waals surface area contributed by atoms with Crippen LogP contribution in [0.1, 0.15) is 24.8 Å². The maximum Gasteiger partial charge on any atom is 0.226 e. The number of hydrogen-bond acceptors (Lipinski definition) is 1. The number of rotatable bonds is 7. The second-order valence-corrected chi connectivity index (χ2v) is 5.16. The third kappa shape index (κ3) is 5.63. The molecule has 0 bridgehead atoms. The summed E-state index contributed by atoms with van der Waals surface area (Å²) < 4.78 is 12.7. The Kier molecular flexibility index (Phi) is 6.94. The van der Waals surface area contributed by atoms with E-state index in [2.05, 4.69) is 15.9 Å². The lowest BCUT2D eigenvalue weighted by Gasteiger charge is -2.17. The average Bonchev–Trinajstić information content (AvgIpc) is 2.37. The number of halogens is 2. The van der Waals surface area contributed by atoms with Crippen molar-refractivity contribution in [3.8, 4) is 0 Å². The summed E-state index contributed by atoms with van der Waals surface area (Å²) in [7, 11) is 1.82. The minimum Gasteiger partial charge on any atom is -0.345 e. The zero-order valence-electron chi connectivity index (χ0n) is 10.7. The van der Waals surface area contributed by atoms with Gasteiger partial charge in [0.1, 0.15) is 5.82 Å². The molecule has 100 valence electrons. The lowest BCUT2D eigenvalue weighted by atomic mass is 10.1. The molecule has 0 saturated heterocycles. The van der Waals surface area contributed by atoms with Crippen LogP contribution in [0, 0.1) is 5.82 Å².